The third-order valence-corrected chi connectivity index (χ3v) is 3.97. The number of rotatable bonds is 2. The first kappa shape index (κ1) is 12.3. The topological polar surface area (TPSA) is 34.1 Å². The fraction of sp³-hybridized carbons (Fsp3) is 0.125. The monoisotopic (exact) mass is 314 g/mol. The summed E-state index contributed by atoms with van der Waals surface area (Å²) in [4.78, 5) is 24.5. The quantitative estimate of drug-likeness (QED) is 0.792. The molecule has 0 N–H and O–H groups in total. The molecular weight excluding hydrogens is 304 g/mol. The number of carbonyl (C=O) groups is 2. The van der Waals surface area contributed by atoms with Crippen molar-refractivity contribution in [1.82, 2.24) is 0 Å². The fourth-order valence-corrected chi connectivity index (χ4v) is 2.71. The second kappa shape index (κ2) is 4.74. The van der Waals surface area contributed by atoms with Crippen LogP contribution in [0.15, 0.2) is 53.0 Å². The van der Waals surface area contributed by atoms with Gasteiger partial charge < -0.3 is 0 Å². The second-order valence-corrected chi connectivity index (χ2v) is 5.57. The number of carbonyl (C=O) groups excluding carboxylic acids is 2. The SMILES string of the molecule is O=C1c2ccccc2C(=O)C1Cc1ccc(Br)cc1. The molecule has 0 unspecified atom stereocenters. The lowest BCUT2D eigenvalue weighted by molar-refractivity contribution is 0.0838. The van der Waals surface area contributed by atoms with E-state index in [-0.39, 0.29) is 11.6 Å². The number of halogens is 1. The summed E-state index contributed by atoms with van der Waals surface area (Å²) in [5.74, 6) is -0.661. The van der Waals surface area contributed by atoms with Crippen molar-refractivity contribution in [2.75, 3.05) is 0 Å². The maximum absolute atomic E-state index is 12.2. The Morgan fingerprint density at radius 1 is 0.842 bits per heavy atom. The summed E-state index contributed by atoms with van der Waals surface area (Å²) < 4.78 is 0.989. The molecule has 0 aromatic heterocycles. The average molecular weight is 315 g/mol. The van der Waals surface area contributed by atoms with Crippen molar-refractivity contribution in [2.24, 2.45) is 5.92 Å². The van der Waals surface area contributed by atoms with Crippen molar-refractivity contribution < 1.29 is 9.59 Å². The van der Waals surface area contributed by atoms with Gasteiger partial charge >= 0.3 is 0 Å². The van der Waals surface area contributed by atoms with Crippen molar-refractivity contribution in [3.05, 3.63) is 69.7 Å². The summed E-state index contributed by atoms with van der Waals surface area (Å²) in [5.41, 5.74) is 2.13. The fourth-order valence-electron chi connectivity index (χ4n) is 2.45. The van der Waals surface area contributed by atoms with Crippen LogP contribution >= 0.6 is 15.9 Å². The third-order valence-electron chi connectivity index (χ3n) is 3.44. The lowest BCUT2D eigenvalue weighted by Crippen LogP contribution is -2.17. The van der Waals surface area contributed by atoms with E-state index in [1.165, 1.54) is 0 Å². The van der Waals surface area contributed by atoms with Gasteiger partial charge in [-0.05, 0) is 24.1 Å². The predicted octanol–water partition coefficient (Wildman–Crippen LogP) is 3.69. The van der Waals surface area contributed by atoms with Crippen molar-refractivity contribution in [2.45, 2.75) is 6.42 Å². The molecule has 1 aliphatic carbocycles. The molecule has 0 saturated carbocycles. The van der Waals surface area contributed by atoms with Gasteiger partial charge in [0.2, 0.25) is 0 Å². The number of ketones is 2. The number of benzene rings is 2. The van der Waals surface area contributed by atoms with Crippen LogP contribution in [-0.2, 0) is 6.42 Å². The molecule has 3 heteroatoms. The van der Waals surface area contributed by atoms with Gasteiger partial charge in [0.1, 0.15) is 0 Å². The van der Waals surface area contributed by atoms with Crippen LogP contribution in [0, 0.1) is 5.92 Å². The summed E-state index contributed by atoms with van der Waals surface area (Å²) in [6.07, 6.45) is 0.472. The van der Waals surface area contributed by atoms with E-state index in [1.807, 2.05) is 24.3 Å². The average Bonchev–Trinajstić information content (AvgIpc) is 2.67. The van der Waals surface area contributed by atoms with Crippen LogP contribution in [0.25, 0.3) is 0 Å². The minimum Gasteiger partial charge on any atom is -0.293 e. The zero-order valence-electron chi connectivity index (χ0n) is 10.1. The first-order valence-electron chi connectivity index (χ1n) is 6.09. The highest BCUT2D eigenvalue weighted by Crippen LogP contribution is 2.29. The highest BCUT2D eigenvalue weighted by molar-refractivity contribution is 9.10. The van der Waals surface area contributed by atoms with Crippen LogP contribution in [0.3, 0.4) is 0 Å². The van der Waals surface area contributed by atoms with Crippen molar-refractivity contribution in [3.8, 4) is 0 Å². The van der Waals surface area contributed by atoms with E-state index in [9.17, 15) is 9.59 Å². The Bertz CT molecular complexity index is 624. The Hall–Kier alpha value is -1.74. The van der Waals surface area contributed by atoms with Crippen LogP contribution in [0.4, 0.5) is 0 Å². The number of Topliss-reactive ketones (excluding diaryl/α,β-unsaturated/α-hetero) is 2. The number of hydrogen-bond acceptors (Lipinski definition) is 2. The van der Waals surface area contributed by atoms with Gasteiger partial charge in [0.25, 0.3) is 0 Å². The van der Waals surface area contributed by atoms with E-state index in [4.69, 9.17) is 0 Å². The Labute approximate surface area is 119 Å². The van der Waals surface area contributed by atoms with Gasteiger partial charge in [-0.15, -0.1) is 0 Å². The maximum Gasteiger partial charge on any atom is 0.174 e. The molecule has 94 valence electrons. The molecule has 2 aromatic carbocycles. The minimum atomic E-state index is -0.557. The Balaban J connectivity index is 1.90. The highest BCUT2D eigenvalue weighted by Gasteiger charge is 2.37. The predicted molar refractivity (Wildman–Crippen MR) is 76.4 cm³/mol. The van der Waals surface area contributed by atoms with E-state index < -0.39 is 5.92 Å². The molecule has 0 bridgehead atoms. The highest BCUT2D eigenvalue weighted by atomic mass is 79.9. The summed E-state index contributed by atoms with van der Waals surface area (Å²) >= 11 is 3.37. The molecule has 2 nitrogen and oxygen atoms in total. The lowest BCUT2D eigenvalue weighted by Gasteiger charge is -2.06. The van der Waals surface area contributed by atoms with Gasteiger partial charge in [-0.2, -0.15) is 0 Å². The van der Waals surface area contributed by atoms with Crippen LogP contribution in [0.1, 0.15) is 26.3 Å². The third kappa shape index (κ3) is 2.15. The number of hydrogen-bond donors (Lipinski definition) is 0. The van der Waals surface area contributed by atoms with Crippen LogP contribution in [0.5, 0.6) is 0 Å². The molecule has 0 atom stereocenters. The van der Waals surface area contributed by atoms with Gasteiger partial charge in [0.05, 0.1) is 5.92 Å². The van der Waals surface area contributed by atoms with Gasteiger partial charge in [-0.3, -0.25) is 9.59 Å². The van der Waals surface area contributed by atoms with E-state index in [0.29, 0.717) is 17.5 Å². The molecule has 2 aromatic rings. The van der Waals surface area contributed by atoms with Crippen LogP contribution in [-0.4, -0.2) is 11.6 Å². The minimum absolute atomic E-state index is 0.0523. The smallest absolute Gasteiger partial charge is 0.174 e. The van der Waals surface area contributed by atoms with Gasteiger partial charge in [0, 0.05) is 15.6 Å². The maximum atomic E-state index is 12.2. The summed E-state index contributed by atoms with van der Waals surface area (Å²) in [5, 5.41) is 0. The molecule has 0 saturated heterocycles. The first-order chi connectivity index (χ1) is 9.16. The van der Waals surface area contributed by atoms with E-state index in [1.54, 1.807) is 24.3 Å². The van der Waals surface area contributed by atoms with Gasteiger partial charge in [-0.1, -0.05) is 52.3 Å². The molecule has 1 aliphatic rings. The lowest BCUT2D eigenvalue weighted by atomic mass is 9.95. The standard InChI is InChI=1S/C16H11BrO2/c17-11-7-5-10(6-8-11)9-14-15(18)12-3-1-2-4-13(12)16(14)19/h1-8,14H,9H2. The molecule has 19 heavy (non-hydrogen) atoms. The zero-order chi connectivity index (χ0) is 13.4. The normalized spacial score (nSPS) is 14.8. The van der Waals surface area contributed by atoms with Crippen LogP contribution < -0.4 is 0 Å². The van der Waals surface area contributed by atoms with Crippen molar-refractivity contribution in [1.29, 1.82) is 0 Å². The van der Waals surface area contributed by atoms with E-state index in [2.05, 4.69) is 15.9 Å². The molecule has 0 radical (unpaired) electrons. The van der Waals surface area contributed by atoms with Crippen LogP contribution in [0.2, 0.25) is 0 Å². The summed E-state index contributed by atoms with van der Waals surface area (Å²) in [6, 6.07) is 14.8. The Morgan fingerprint density at radius 2 is 1.37 bits per heavy atom. The molecule has 0 amide bonds. The molecular formula is C16H11BrO2. The van der Waals surface area contributed by atoms with Gasteiger partial charge in [-0.25, -0.2) is 0 Å². The Morgan fingerprint density at radius 3 is 1.89 bits per heavy atom. The molecule has 0 heterocycles. The van der Waals surface area contributed by atoms with E-state index in [0.717, 1.165) is 10.0 Å². The Kier molecular flexibility index (Phi) is 3.07. The van der Waals surface area contributed by atoms with Crippen molar-refractivity contribution >= 4 is 27.5 Å². The summed E-state index contributed by atoms with van der Waals surface area (Å²) in [6.45, 7) is 0. The first-order valence-corrected chi connectivity index (χ1v) is 6.88. The molecule has 0 fully saturated rings. The molecule has 0 spiro atoms. The zero-order valence-corrected chi connectivity index (χ0v) is 11.7. The van der Waals surface area contributed by atoms with Crippen molar-refractivity contribution in [3.63, 3.8) is 0 Å². The summed E-state index contributed by atoms with van der Waals surface area (Å²) in [7, 11) is 0. The molecule has 3 rings (SSSR count). The largest absolute Gasteiger partial charge is 0.293 e. The van der Waals surface area contributed by atoms with E-state index >= 15 is 0 Å². The molecule has 0 aliphatic heterocycles. The van der Waals surface area contributed by atoms with Gasteiger partial charge in [0.15, 0.2) is 11.6 Å². The second-order valence-electron chi connectivity index (χ2n) is 4.66. The number of fused-ring (bicyclic) bond motifs is 1.